The van der Waals surface area contributed by atoms with E-state index in [-0.39, 0.29) is 5.41 Å². The summed E-state index contributed by atoms with van der Waals surface area (Å²) in [5.74, 6) is 3.66. The Kier molecular flexibility index (Phi) is 4.10. The molecule has 7 unspecified atom stereocenters. The van der Waals surface area contributed by atoms with Gasteiger partial charge in [0.25, 0.3) is 0 Å². The topological polar surface area (TPSA) is 9.23 Å². The molecule has 3 fully saturated rings. The Morgan fingerprint density at radius 3 is 1.81 bits per heavy atom. The van der Waals surface area contributed by atoms with Gasteiger partial charge in [0, 0.05) is 18.4 Å². The lowest BCUT2D eigenvalue weighted by molar-refractivity contribution is -0.125. The van der Waals surface area contributed by atoms with Crippen molar-refractivity contribution in [2.24, 2.45) is 51.2 Å². The van der Waals surface area contributed by atoms with Gasteiger partial charge in [0.1, 0.15) is 0 Å². The Bertz CT molecular complexity index is 997. The van der Waals surface area contributed by atoms with E-state index >= 15 is 0 Å². The molecule has 0 radical (unpaired) electrons. The normalized spacial score (nSPS) is 47.1. The molecule has 0 amide bonds. The maximum atomic E-state index is 6.52. The fourth-order valence-corrected chi connectivity index (χ4v) is 10.5. The molecule has 9 rings (SSSR count). The van der Waals surface area contributed by atoms with Crippen molar-refractivity contribution in [2.75, 3.05) is 7.11 Å². The van der Waals surface area contributed by atoms with E-state index < -0.39 is 0 Å². The maximum absolute atomic E-state index is 6.52. The summed E-state index contributed by atoms with van der Waals surface area (Å²) in [7, 11) is 2.01. The molecular weight excluding hydrogens is 388 g/mol. The van der Waals surface area contributed by atoms with Gasteiger partial charge < -0.3 is 4.74 Å². The summed E-state index contributed by atoms with van der Waals surface area (Å²) in [4.78, 5) is 0. The van der Waals surface area contributed by atoms with Crippen LogP contribution in [0.2, 0.25) is 0 Å². The van der Waals surface area contributed by atoms with E-state index in [0.717, 1.165) is 11.8 Å². The largest absolute Gasteiger partial charge is 0.380 e. The van der Waals surface area contributed by atoms with Crippen LogP contribution < -0.4 is 0 Å². The van der Waals surface area contributed by atoms with Crippen LogP contribution in [0.1, 0.15) is 94.4 Å². The van der Waals surface area contributed by atoms with Gasteiger partial charge in [-0.05, 0) is 92.8 Å². The van der Waals surface area contributed by atoms with Gasteiger partial charge in [-0.2, -0.15) is 0 Å². The zero-order valence-corrected chi connectivity index (χ0v) is 22.4. The predicted octanol–water partition coefficient (Wildman–Crippen LogP) is 8.13. The van der Waals surface area contributed by atoms with Crippen LogP contribution in [0.4, 0.5) is 0 Å². The molecule has 0 saturated heterocycles. The first-order valence-corrected chi connectivity index (χ1v) is 13.4. The van der Waals surface area contributed by atoms with Crippen molar-refractivity contribution in [3.8, 4) is 0 Å². The van der Waals surface area contributed by atoms with Crippen LogP contribution in [0.15, 0.2) is 33.4 Å². The van der Waals surface area contributed by atoms with Gasteiger partial charge in [-0.3, -0.25) is 0 Å². The Balaban J connectivity index is 1.58. The average Bonchev–Trinajstić information content (AvgIpc) is 2.72. The molecule has 0 heterocycles. The highest BCUT2D eigenvalue weighted by Crippen LogP contribution is 2.75. The van der Waals surface area contributed by atoms with Crippen molar-refractivity contribution in [3.05, 3.63) is 33.4 Å². The number of allylic oxidation sites excluding steroid dienone is 5. The van der Waals surface area contributed by atoms with Gasteiger partial charge in [0.15, 0.2) is 0 Å². The standard InChI is InChI=1S/C31H46O/c1-16-21-11-19(28(21,4)5)12-23(16)31(15-20-13-24(18(31)3)29(20,6)7)26-17(2)22-14-25(27(26)32-10)30(22,8)9/h19-20,23,25-27H,11-15H2,1-10H3. The fourth-order valence-electron chi connectivity index (χ4n) is 10.5. The summed E-state index contributed by atoms with van der Waals surface area (Å²) in [5.41, 5.74) is 12.1. The predicted molar refractivity (Wildman–Crippen MR) is 133 cm³/mol. The fraction of sp³-hybridized carbons (Fsp3) is 0.806. The van der Waals surface area contributed by atoms with E-state index in [2.05, 4.69) is 62.3 Å². The van der Waals surface area contributed by atoms with E-state index in [1.54, 1.807) is 33.4 Å². The van der Waals surface area contributed by atoms with Crippen molar-refractivity contribution in [2.45, 2.75) is 101 Å². The first kappa shape index (κ1) is 21.7. The quantitative estimate of drug-likeness (QED) is 0.407. The monoisotopic (exact) mass is 434 g/mol. The molecule has 6 bridgehead atoms. The molecule has 0 aromatic rings. The van der Waals surface area contributed by atoms with Crippen LogP contribution in [0.25, 0.3) is 0 Å². The summed E-state index contributed by atoms with van der Waals surface area (Å²) >= 11 is 0. The number of ether oxygens (including phenoxy) is 1. The van der Waals surface area contributed by atoms with E-state index in [4.69, 9.17) is 4.74 Å². The summed E-state index contributed by atoms with van der Waals surface area (Å²) in [5, 5.41) is 0. The first-order valence-electron chi connectivity index (χ1n) is 13.4. The van der Waals surface area contributed by atoms with Crippen molar-refractivity contribution < 1.29 is 4.74 Å². The van der Waals surface area contributed by atoms with E-state index in [9.17, 15) is 0 Å². The van der Waals surface area contributed by atoms with Gasteiger partial charge in [0.05, 0.1) is 6.10 Å². The Morgan fingerprint density at radius 2 is 1.31 bits per heavy atom. The molecule has 7 atom stereocenters. The van der Waals surface area contributed by atoms with Crippen molar-refractivity contribution in [1.29, 1.82) is 0 Å². The third-order valence-corrected chi connectivity index (χ3v) is 13.0. The summed E-state index contributed by atoms with van der Waals surface area (Å²) in [6.45, 7) is 22.6. The second kappa shape index (κ2) is 6.05. The third-order valence-electron chi connectivity index (χ3n) is 13.0. The van der Waals surface area contributed by atoms with Gasteiger partial charge in [-0.15, -0.1) is 0 Å². The minimum absolute atomic E-state index is 0.267. The number of rotatable bonds is 3. The first-order chi connectivity index (χ1) is 14.8. The molecule has 0 aromatic heterocycles. The van der Waals surface area contributed by atoms with Crippen LogP contribution in [-0.2, 0) is 4.74 Å². The van der Waals surface area contributed by atoms with Crippen molar-refractivity contribution >= 4 is 0 Å². The summed E-state index contributed by atoms with van der Waals surface area (Å²) in [6.07, 6.45) is 7.12. The van der Waals surface area contributed by atoms with E-state index in [1.165, 1.54) is 32.1 Å². The Hall–Kier alpha value is -0.820. The van der Waals surface area contributed by atoms with Gasteiger partial charge in [-0.25, -0.2) is 0 Å². The molecular formula is C31H46O. The lowest BCUT2D eigenvalue weighted by atomic mass is 9.35. The molecule has 0 N–H and O–H groups in total. The molecule has 0 aromatic carbocycles. The van der Waals surface area contributed by atoms with Gasteiger partial charge in [-0.1, -0.05) is 75.0 Å². The lowest BCUT2D eigenvalue weighted by Gasteiger charge is -2.70. The van der Waals surface area contributed by atoms with Crippen molar-refractivity contribution in [3.63, 3.8) is 0 Å². The van der Waals surface area contributed by atoms with E-state index in [0.29, 0.717) is 40.1 Å². The second-order valence-electron chi connectivity index (χ2n) is 14.4. The molecule has 1 nitrogen and oxygen atoms in total. The maximum Gasteiger partial charge on any atom is 0.0684 e. The summed E-state index contributed by atoms with van der Waals surface area (Å²) in [6, 6.07) is 0. The van der Waals surface area contributed by atoms with Crippen LogP contribution in [0.3, 0.4) is 0 Å². The third kappa shape index (κ3) is 2.14. The second-order valence-corrected chi connectivity index (χ2v) is 14.4. The number of methoxy groups -OCH3 is 1. The molecule has 0 aliphatic heterocycles. The van der Waals surface area contributed by atoms with Crippen LogP contribution >= 0.6 is 0 Å². The number of fused-ring (bicyclic) bond motifs is 8. The number of hydrogen-bond donors (Lipinski definition) is 0. The molecule has 176 valence electrons. The number of hydrogen-bond acceptors (Lipinski definition) is 1. The average molecular weight is 435 g/mol. The Labute approximate surface area is 197 Å². The minimum atomic E-state index is 0.267. The molecule has 9 aliphatic carbocycles. The molecule has 9 aliphatic rings. The SMILES string of the molecule is COC1C2CC(=C(C)C1C1(C3CC4CC(=C3C)C4(C)C)CC3CC(=C1C)C3(C)C)C2(C)C. The van der Waals surface area contributed by atoms with Crippen molar-refractivity contribution in [1.82, 2.24) is 0 Å². The van der Waals surface area contributed by atoms with Crippen LogP contribution in [0, 0.1) is 51.2 Å². The zero-order valence-electron chi connectivity index (χ0n) is 22.4. The molecule has 1 heteroatoms. The zero-order chi connectivity index (χ0) is 23.2. The Morgan fingerprint density at radius 1 is 0.719 bits per heavy atom. The minimum Gasteiger partial charge on any atom is -0.380 e. The highest BCUT2D eigenvalue weighted by atomic mass is 16.5. The summed E-state index contributed by atoms with van der Waals surface area (Å²) < 4.78 is 6.52. The van der Waals surface area contributed by atoms with Crippen LogP contribution in [0.5, 0.6) is 0 Å². The van der Waals surface area contributed by atoms with E-state index in [1.807, 2.05) is 7.11 Å². The van der Waals surface area contributed by atoms with Crippen LogP contribution in [-0.4, -0.2) is 13.2 Å². The van der Waals surface area contributed by atoms with Gasteiger partial charge in [0.2, 0.25) is 0 Å². The van der Waals surface area contributed by atoms with Gasteiger partial charge >= 0.3 is 0 Å². The highest BCUT2D eigenvalue weighted by molar-refractivity contribution is 5.49. The smallest absolute Gasteiger partial charge is 0.0684 e. The molecule has 3 saturated carbocycles. The highest BCUT2D eigenvalue weighted by Gasteiger charge is 2.67. The molecule has 32 heavy (non-hydrogen) atoms. The molecule has 0 spiro atoms. The lowest BCUT2D eigenvalue weighted by Crippen LogP contribution is -2.64.